The zero-order valence-electron chi connectivity index (χ0n) is 13.4. The maximum atomic E-state index is 12.2. The molecule has 124 valence electrons. The molecule has 2 unspecified atom stereocenters. The van der Waals surface area contributed by atoms with Crippen molar-refractivity contribution in [2.75, 3.05) is 5.32 Å². The molecule has 0 aliphatic heterocycles. The van der Waals surface area contributed by atoms with Crippen LogP contribution in [0.15, 0.2) is 48.5 Å². The summed E-state index contributed by atoms with van der Waals surface area (Å²) in [4.78, 5) is 24.4. The van der Waals surface area contributed by atoms with Crippen molar-refractivity contribution in [1.29, 1.82) is 0 Å². The maximum absolute atomic E-state index is 12.2. The Kier molecular flexibility index (Phi) is 4.86. The summed E-state index contributed by atoms with van der Waals surface area (Å²) < 4.78 is 0. The second kappa shape index (κ2) is 7.05. The number of benzene rings is 2. The second-order valence-electron chi connectivity index (χ2n) is 6.12. The van der Waals surface area contributed by atoms with Crippen molar-refractivity contribution < 1.29 is 9.59 Å². The third-order valence-corrected chi connectivity index (χ3v) is 4.53. The Bertz CT molecular complexity index is 775. The zero-order chi connectivity index (χ0) is 17.1. The highest BCUT2D eigenvalue weighted by atomic mass is 35.5. The minimum absolute atomic E-state index is 0.0979. The van der Waals surface area contributed by atoms with E-state index in [4.69, 9.17) is 11.6 Å². The average Bonchev–Trinajstić information content (AvgIpc) is 3.35. The van der Waals surface area contributed by atoms with E-state index in [1.165, 1.54) is 0 Å². The fourth-order valence-corrected chi connectivity index (χ4v) is 2.89. The SMILES string of the molecule is Cc1cccc(NC(=O)C2CC2C(=O)NCc2ccccc2Cl)c1. The van der Waals surface area contributed by atoms with Gasteiger partial charge in [-0.05, 0) is 42.7 Å². The van der Waals surface area contributed by atoms with Gasteiger partial charge in [0.05, 0.1) is 11.8 Å². The number of hydrogen-bond donors (Lipinski definition) is 2. The molecule has 1 aliphatic rings. The van der Waals surface area contributed by atoms with E-state index in [-0.39, 0.29) is 23.7 Å². The monoisotopic (exact) mass is 342 g/mol. The predicted molar refractivity (Wildman–Crippen MR) is 94.7 cm³/mol. The first-order valence-electron chi connectivity index (χ1n) is 7.93. The van der Waals surface area contributed by atoms with Gasteiger partial charge in [-0.3, -0.25) is 9.59 Å². The van der Waals surface area contributed by atoms with Crippen molar-refractivity contribution in [3.8, 4) is 0 Å². The maximum Gasteiger partial charge on any atom is 0.228 e. The largest absolute Gasteiger partial charge is 0.352 e. The van der Waals surface area contributed by atoms with E-state index < -0.39 is 0 Å². The summed E-state index contributed by atoms with van der Waals surface area (Å²) in [6.45, 7) is 2.35. The van der Waals surface area contributed by atoms with E-state index >= 15 is 0 Å². The van der Waals surface area contributed by atoms with Crippen LogP contribution in [-0.2, 0) is 16.1 Å². The number of carbonyl (C=O) groups is 2. The van der Waals surface area contributed by atoms with Crippen LogP contribution in [0.4, 0.5) is 5.69 Å². The standard InChI is InChI=1S/C19H19ClN2O2/c1-12-5-4-7-14(9-12)22-19(24)16-10-15(16)18(23)21-11-13-6-2-3-8-17(13)20/h2-9,15-16H,10-11H2,1H3,(H,21,23)(H,22,24). The Morgan fingerprint density at radius 1 is 1.08 bits per heavy atom. The number of carbonyl (C=O) groups excluding carboxylic acids is 2. The van der Waals surface area contributed by atoms with Gasteiger partial charge in [0, 0.05) is 17.3 Å². The van der Waals surface area contributed by atoms with Crippen LogP contribution < -0.4 is 10.6 Å². The van der Waals surface area contributed by atoms with Gasteiger partial charge in [-0.2, -0.15) is 0 Å². The molecule has 2 aromatic rings. The first-order chi connectivity index (χ1) is 11.5. The molecule has 2 N–H and O–H groups in total. The molecule has 5 heteroatoms. The van der Waals surface area contributed by atoms with E-state index in [1.54, 1.807) is 6.07 Å². The van der Waals surface area contributed by atoms with Crippen LogP contribution in [-0.4, -0.2) is 11.8 Å². The van der Waals surface area contributed by atoms with Crippen molar-refractivity contribution in [1.82, 2.24) is 5.32 Å². The molecule has 1 saturated carbocycles. The van der Waals surface area contributed by atoms with Crippen LogP contribution in [0.25, 0.3) is 0 Å². The van der Waals surface area contributed by atoms with Gasteiger partial charge in [-0.25, -0.2) is 0 Å². The summed E-state index contributed by atoms with van der Waals surface area (Å²) in [7, 11) is 0. The molecule has 2 atom stereocenters. The van der Waals surface area contributed by atoms with E-state index in [9.17, 15) is 9.59 Å². The number of nitrogens with one attached hydrogen (secondary N) is 2. The Balaban J connectivity index is 1.50. The van der Waals surface area contributed by atoms with E-state index in [0.29, 0.717) is 18.0 Å². The lowest BCUT2D eigenvalue weighted by Crippen LogP contribution is -2.27. The molecule has 0 aromatic heterocycles. The highest BCUT2D eigenvalue weighted by Crippen LogP contribution is 2.39. The molecule has 1 fully saturated rings. The van der Waals surface area contributed by atoms with Crippen molar-refractivity contribution in [3.63, 3.8) is 0 Å². The average molecular weight is 343 g/mol. The van der Waals surface area contributed by atoms with E-state index in [0.717, 1.165) is 16.8 Å². The summed E-state index contributed by atoms with van der Waals surface area (Å²) in [5, 5.41) is 6.36. The highest BCUT2D eigenvalue weighted by Gasteiger charge is 2.47. The Hall–Kier alpha value is -2.33. The smallest absolute Gasteiger partial charge is 0.228 e. The molecule has 1 aliphatic carbocycles. The molecule has 2 aromatic carbocycles. The fraction of sp³-hybridized carbons (Fsp3) is 0.263. The topological polar surface area (TPSA) is 58.2 Å². The second-order valence-corrected chi connectivity index (χ2v) is 6.52. The quantitative estimate of drug-likeness (QED) is 0.873. The first kappa shape index (κ1) is 16.5. The molecule has 2 amide bonds. The normalized spacial score (nSPS) is 18.8. The lowest BCUT2D eigenvalue weighted by Gasteiger charge is -2.07. The van der Waals surface area contributed by atoms with Crippen LogP contribution in [0.1, 0.15) is 17.5 Å². The Morgan fingerprint density at radius 3 is 2.58 bits per heavy atom. The van der Waals surface area contributed by atoms with Gasteiger partial charge >= 0.3 is 0 Å². The number of amides is 2. The summed E-state index contributed by atoms with van der Waals surface area (Å²) >= 11 is 6.07. The Morgan fingerprint density at radius 2 is 1.83 bits per heavy atom. The number of halogens is 1. The van der Waals surface area contributed by atoms with Crippen LogP contribution >= 0.6 is 11.6 Å². The Labute approximate surface area is 146 Å². The van der Waals surface area contributed by atoms with Crippen LogP contribution in [0.3, 0.4) is 0 Å². The molecule has 0 heterocycles. The van der Waals surface area contributed by atoms with Gasteiger partial charge < -0.3 is 10.6 Å². The van der Waals surface area contributed by atoms with Gasteiger partial charge in [0.25, 0.3) is 0 Å². The molecule has 0 bridgehead atoms. The molecule has 0 radical (unpaired) electrons. The molecule has 0 spiro atoms. The lowest BCUT2D eigenvalue weighted by molar-refractivity contribution is -0.125. The van der Waals surface area contributed by atoms with Gasteiger partial charge in [0.1, 0.15) is 0 Å². The summed E-state index contributed by atoms with van der Waals surface area (Å²) in [5.74, 6) is -0.702. The lowest BCUT2D eigenvalue weighted by atomic mass is 10.2. The van der Waals surface area contributed by atoms with Gasteiger partial charge in [-0.15, -0.1) is 0 Å². The molecule has 3 rings (SSSR count). The third-order valence-electron chi connectivity index (χ3n) is 4.16. The van der Waals surface area contributed by atoms with Crippen LogP contribution in [0.2, 0.25) is 5.02 Å². The minimum atomic E-state index is -0.253. The molecule has 4 nitrogen and oxygen atoms in total. The van der Waals surface area contributed by atoms with Crippen LogP contribution in [0.5, 0.6) is 0 Å². The summed E-state index contributed by atoms with van der Waals surface area (Å²) in [6, 6.07) is 15.0. The molecular formula is C19H19ClN2O2. The third kappa shape index (κ3) is 3.95. The number of hydrogen-bond acceptors (Lipinski definition) is 2. The van der Waals surface area contributed by atoms with Gasteiger partial charge in [0.2, 0.25) is 11.8 Å². The zero-order valence-corrected chi connectivity index (χ0v) is 14.1. The first-order valence-corrected chi connectivity index (χ1v) is 8.31. The van der Waals surface area contributed by atoms with E-state index in [2.05, 4.69) is 10.6 Å². The number of anilines is 1. The van der Waals surface area contributed by atoms with E-state index in [1.807, 2.05) is 49.4 Å². The van der Waals surface area contributed by atoms with Crippen LogP contribution in [0, 0.1) is 18.8 Å². The van der Waals surface area contributed by atoms with Crippen molar-refractivity contribution >= 4 is 29.1 Å². The summed E-state index contributed by atoms with van der Waals surface area (Å²) in [6.07, 6.45) is 0.589. The van der Waals surface area contributed by atoms with Gasteiger partial charge in [0.15, 0.2) is 0 Å². The van der Waals surface area contributed by atoms with Gasteiger partial charge in [-0.1, -0.05) is 41.9 Å². The van der Waals surface area contributed by atoms with Crippen molar-refractivity contribution in [2.45, 2.75) is 19.9 Å². The van der Waals surface area contributed by atoms with Crippen molar-refractivity contribution in [2.24, 2.45) is 11.8 Å². The highest BCUT2D eigenvalue weighted by molar-refractivity contribution is 6.31. The molecule has 24 heavy (non-hydrogen) atoms. The number of aryl methyl sites for hydroxylation is 1. The minimum Gasteiger partial charge on any atom is -0.352 e. The predicted octanol–water partition coefficient (Wildman–Crippen LogP) is 3.54. The fourth-order valence-electron chi connectivity index (χ4n) is 2.69. The number of rotatable bonds is 5. The molecule has 0 saturated heterocycles. The van der Waals surface area contributed by atoms with Crippen molar-refractivity contribution in [3.05, 3.63) is 64.7 Å². The summed E-state index contributed by atoms with van der Waals surface area (Å²) in [5.41, 5.74) is 2.72. The molecular weight excluding hydrogens is 324 g/mol.